The van der Waals surface area contributed by atoms with Gasteiger partial charge in [0.15, 0.2) is 0 Å². The summed E-state index contributed by atoms with van der Waals surface area (Å²) in [5.74, 6) is 0.704. The topological polar surface area (TPSA) is 42.0 Å². The van der Waals surface area contributed by atoms with Gasteiger partial charge in [0.2, 0.25) is 5.91 Å². The molecule has 20 heavy (non-hydrogen) atoms. The Kier molecular flexibility index (Phi) is 3.68. The molecule has 104 valence electrons. The van der Waals surface area contributed by atoms with Crippen molar-refractivity contribution < 1.29 is 4.79 Å². The molecule has 2 aromatic rings. The molecule has 1 aromatic carbocycles. The van der Waals surface area contributed by atoms with Crippen molar-refractivity contribution in [3.05, 3.63) is 36.0 Å². The number of hydrogen-bond donors (Lipinski definition) is 1. The van der Waals surface area contributed by atoms with Crippen molar-refractivity contribution in [3.63, 3.8) is 0 Å². The van der Waals surface area contributed by atoms with Gasteiger partial charge in [-0.2, -0.15) is 0 Å². The highest BCUT2D eigenvalue weighted by atomic mass is 16.1. The van der Waals surface area contributed by atoms with E-state index in [9.17, 15) is 4.79 Å². The maximum atomic E-state index is 12.1. The Morgan fingerprint density at radius 3 is 2.85 bits per heavy atom. The average molecular weight is 268 g/mol. The van der Waals surface area contributed by atoms with Crippen LogP contribution in [0.3, 0.4) is 0 Å². The summed E-state index contributed by atoms with van der Waals surface area (Å²) in [4.78, 5) is 16.6. The van der Waals surface area contributed by atoms with Crippen LogP contribution in [0.1, 0.15) is 37.8 Å². The Morgan fingerprint density at radius 2 is 2.05 bits per heavy atom. The molecule has 3 rings (SSSR count). The second-order valence-corrected chi connectivity index (χ2v) is 5.73. The molecule has 0 bridgehead atoms. The van der Waals surface area contributed by atoms with E-state index in [1.54, 1.807) is 0 Å². The second-order valence-electron chi connectivity index (χ2n) is 5.73. The van der Waals surface area contributed by atoms with E-state index < -0.39 is 0 Å². The third-order valence-electron chi connectivity index (χ3n) is 4.09. The molecule has 0 unspecified atom stereocenters. The number of nitrogens with one attached hydrogen (secondary N) is 1. The molecule has 3 heteroatoms. The van der Waals surface area contributed by atoms with E-state index in [0.717, 1.165) is 22.3 Å². The summed E-state index contributed by atoms with van der Waals surface area (Å²) in [6.45, 7) is 1.98. The van der Waals surface area contributed by atoms with Crippen molar-refractivity contribution in [3.8, 4) is 0 Å². The molecule has 1 aromatic heterocycles. The van der Waals surface area contributed by atoms with E-state index >= 15 is 0 Å². The van der Waals surface area contributed by atoms with Gasteiger partial charge < -0.3 is 5.32 Å². The fraction of sp³-hybridized carbons (Fsp3) is 0.412. The van der Waals surface area contributed by atoms with E-state index in [-0.39, 0.29) is 5.91 Å². The lowest BCUT2D eigenvalue weighted by Gasteiger charge is -2.11. The third-order valence-corrected chi connectivity index (χ3v) is 4.09. The molecule has 1 N–H and O–H groups in total. The summed E-state index contributed by atoms with van der Waals surface area (Å²) in [5.41, 5.74) is 2.80. The fourth-order valence-electron chi connectivity index (χ4n) is 3.04. The van der Waals surface area contributed by atoms with Gasteiger partial charge in [0.05, 0.1) is 11.2 Å². The number of amides is 1. The molecule has 1 amide bonds. The molecule has 0 saturated heterocycles. The molecule has 1 saturated carbocycles. The number of hydrogen-bond acceptors (Lipinski definition) is 2. The number of fused-ring (bicyclic) bond motifs is 1. The summed E-state index contributed by atoms with van der Waals surface area (Å²) < 4.78 is 0. The van der Waals surface area contributed by atoms with Crippen LogP contribution in [0.15, 0.2) is 30.3 Å². The molecular formula is C17H20N2O. The number of carbonyl (C=O) groups excluding carboxylic acids is 1. The number of rotatable bonds is 3. The maximum Gasteiger partial charge on any atom is 0.224 e. The summed E-state index contributed by atoms with van der Waals surface area (Å²) in [7, 11) is 0. The van der Waals surface area contributed by atoms with Crippen molar-refractivity contribution in [1.82, 2.24) is 4.98 Å². The van der Waals surface area contributed by atoms with Crippen molar-refractivity contribution in [2.24, 2.45) is 5.92 Å². The van der Waals surface area contributed by atoms with E-state index in [2.05, 4.69) is 10.3 Å². The van der Waals surface area contributed by atoms with Crippen LogP contribution in [-0.2, 0) is 4.79 Å². The number of aromatic nitrogens is 1. The molecule has 0 spiro atoms. The van der Waals surface area contributed by atoms with Crippen molar-refractivity contribution in [2.75, 3.05) is 5.32 Å². The first kappa shape index (κ1) is 13.1. The number of anilines is 1. The maximum absolute atomic E-state index is 12.1. The molecule has 1 fully saturated rings. The second kappa shape index (κ2) is 5.61. The molecule has 1 aliphatic rings. The zero-order chi connectivity index (χ0) is 13.9. The van der Waals surface area contributed by atoms with Gasteiger partial charge in [-0.3, -0.25) is 9.78 Å². The number of aryl methyl sites for hydroxylation is 1. The first-order chi connectivity index (χ1) is 9.72. The van der Waals surface area contributed by atoms with Gasteiger partial charge in [-0.25, -0.2) is 0 Å². The van der Waals surface area contributed by atoms with Gasteiger partial charge in [0.25, 0.3) is 0 Å². The van der Waals surface area contributed by atoms with Crippen LogP contribution in [0.4, 0.5) is 5.69 Å². The molecule has 3 nitrogen and oxygen atoms in total. The normalized spacial score (nSPS) is 15.7. The SMILES string of the molecule is Cc1ccc2c(NC(=O)CC3CCCC3)cccc2n1. The lowest BCUT2D eigenvalue weighted by molar-refractivity contribution is -0.117. The molecule has 1 heterocycles. The largest absolute Gasteiger partial charge is 0.325 e. The van der Waals surface area contributed by atoms with Crippen molar-refractivity contribution in [2.45, 2.75) is 39.0 Å². The Bertz CT molecular complexity index is 630. The lowest BCUT2D eigenvalue weighted by Crippen LogP contribution is -2.15. The van der Waals surface area contributed by atoms with Crippen LogP contribution in [0.5, 0.6) is 0 Å². The number of pyridine rings is 1. The third kappa shape index (κ3) is 2.82. The molecule has 0 atom stereocenters. The zero-order valence-electron chi connectivity index (χ0n) is 11.9. The minimum Gasteiger partial charge on any atom is -0.325 e. The highest BCUT2D eigenvalue weighted by Crippen LogP contribution is 2.28. The first-order valence-corrected chi connectivity index (χ1v) is 7.38. The highest BCUT2D eigenvalue weighted by molar-refractivity contribution is 6.01. The van der Waals surface area contributed by atoms with Gasteiger partial charge in [-0.05, 0) is 49.9 Å². The Labute approximate surface area is 119 Å². The van der Waals surface area contributed by atoms with E-state index in [0.29, 0.717) is 12.3 Å². The molecule has 0 aliphatic heterocycles. The van der Waals surface area contributed by atoms with E-state index in [1.807, 2.05) is 37.3 Å². The van der Waals surface area contributed by atoms with Crippen LogP contribution >= 0.6 is 0 Å². The zero-order valence-corrected chi connectivity index (χ0v) is 11.9. The van der Waals surface area contributed by atoms with Crippen LogP contribution in [0, 0.1) is 12.8 Å². The van der Waals surface area contributed by atoms with Gasteiger partial charge in [0.1, 0.15) is 0 Å². The van der Waals surface area contributed by atoms with Crippen molar-refractivity contribution in [1.29, 1.82) is 0 Å². The quantitative estimate of drug-likeness (QED) is 0.912. The predicted molar refractivity (Wildman–Crippen MR) is 81.7 cm³/mol. The average Bonchev–Trinajstić information content (AvgIpc) is 2.91. The monoisotopic (exact) mass is 268 g/mol. The Morgan fingerprint density at radius 1 is 1.25 bits per heavy atom. The van der Waals surface area contributed by atoms with Gasteiger partial charge in [-0.1, -0.05) is 18.9 Å². The van der Waals surface area contributed by atoms with Crippen molar-refractivity contribution >= 4 is 22.5 Å². The molecule has 0 radical (unpaired) electrons. The molecular weight excluding hydrogens is 248 g/mol. The van der Waals surface area contributed by atoms with Gasteiger partial charge in [-0.15, -0.1) is 0 Å². The fourth-order valence-corrected chi connectivity index (χ4v) is 3.04. The van der Waals surface area contributed by atoms with E-state index in [4.69, 9.17) is 0 Å². The van der Waals surface area contributed by atoms with Crippen LogP contribution in [0.2, 0.25) is 0 Å². The predicted octanol–water partition coefficient (Wildman–Crippen LogP) is 4.06. The van der Waals surface area contributed by atoms with Crippen LogP contribution in [0.25, 0.3) is 10.9 Å². The smallest absolute Gasteiger partial charge is 0.224 e. The summed E-state index contributed by atoms with van der Waals surface area (Å²) in [6, 6.07) is 9.89. The van der Waals surface area contributed by atoms with Crippen LogP contribution < -0.4 is 5.32 Å². The number of nitrogens with zero attached hydrogens (tertiary/aromatic N) is 1. The summed E-state index contributed by atoms with van der Waals surface area (Å²) >= 11 is 0. The summed E-state index contributed by atoms with van der Waals surface area (Å²) in [5, 5.41) is 4.06. The van der Waals surface area contributed by atoms with Crippen LogP contribution in [-0.4, -0.2) is 10.9 Å². The van der Waals surface area contributed by atoms with Gasteiger partial charge >= 0.3 is 0 Å². The number of benzene rings is 1. The highest BCUT2D eigenvalue weighted by Gasteiger charge is 2.18. The van der Waals surface area contributed by atoms with E-state index in [1.165, 1.54) is 25.7 Å². The first-order valence-electron chi connectivity index (χ1n) is 7.38. The lowest BCUT2D eigenvalue weighted by atomic mass is 10.0. The van der Waals surface area contributed by atoms with Gasteiger partial charge in [0, 0.05) is 17.5 Å². The Balaban J connectivity index is 1.78. The standard InChI is InChI=1S/C17H20N2O/c1-12-9-10-14-15(18-12)7-4-8-16(14)19-17(20)11-13-5-2-3-6-13/h4,7-10,13H,2-3,5-6,11H2,1H3,(H,19,20). The summed E-state index contributed by atoms with van der Waals surface area (Å²) in [6.07, 6.45) is 5.59. The Hall–Kier alpha value is -1.90. The minimum atomic E-state index is 0.130. The minimum absolute atomic E-state index is 0.130. The number of carbonyl (C=O) groups is 1. The molecule has 1 aliphatic carbocycles.